The Morgan fingerprint density at radius 2 is 1.67 bits per heavy atom. The Bertz CT molecular complexity index is 1500. The van der Waals surface area contributed by atoms with Crippen LogP contribution in [0.15, 0.2) is 12.2 Å². The molecule has 55 heavy (non-hydrogen) atoms. The highest BCUT2D eigenvalue weighted by atomic mass is 19.1. The molecule has 2 saturated heterocycles. The largest absolute Gasteiger partial charge is 0.463 e. The van der Waals surface area contributed by atoms with E-state index in [0.29, 0.717) is 45.3 Å². The first-order valence-corrected chi connectivity index (χ1v) is 20.8. The lowest BCUT2D eigenvalue weighted by molar-refractivity contribution is -0.259. The second-order valence-electron chi connectivity index (χ2n) is 19.2. The number of amides is 1. The number of esters is 1. The summed E-state index contributed by atoms with van der Waals surface area (Å²) in [5.41, 5.74) is -7.29. The number of cyclic esters (lactones) is 1. The van der Waals surface area contributed by atoms with Gasteiger partial charge < -0.3 is 35.2 Å². The van der Waals surface area contributed by atoms with E-state index in [1.165, 1.54) is 12.2 Å². The van der Waals surface area contributed by atoms with E-state index in [1.807, 2.05) is 27.7 Å². The Kier molecular flexibility index (Phi) is 11.8. The van der Waals surface area contributed by atoms with Gasteiger partial charge in [0.05, 0.1) is 41.9 Å². The molecular weight excluding hydrogens is 714 g/mol. The van der Waals surface area contributed by atoms with Crippen LogP contribution in [0.25, 0.3) is 0 Å². The van der Waals surface area contributed by atoms with Gasteiger partial charge in [-0.1, -0.05) is 40.7 Å². The molecule has 312 valence electrons. The minimum atomic E-state index is -2.31. The van der Waals surface area contributed by atoms with Crippen LogP contribution in [0.3, 0.4) is 0 Å². The highest BCUT2D eigenvalue weighted by molar-refractivity contribution is 5.91. The molecular formula is C42H66F2N2O9. The van der Waals surface area contributed by atoms with Crippen LogP contribution in [0.5, 0.6) is 0 Å². The zero-order valence-electron chi connectivity index (χ0n) is 33.8. The van der Waals surface area contributed by atoms with E-state index in [-0.39, 0.29) is 56.3 Å². The molecule has 11 nitrogen and oxygen atoms in total. The molecule has 17 atom stereocenters. The number of aliphatic hydroxyl groups is 4. The number of halogens is 2. The molecule has 1 amide bonds. The number of hydrogen-bond acceptors (Lipinski definition) is 10. The zero-order chi connectivity index (χ0) is 40.5. The average Bonchev–Trinajstić information content (AvgIpc) is 3.41. The lowest BCUT2D eigenvalue weighted by Crippen LogP contribution is -2.73. The summed E-state index contributed by atoms with van der Waals surface area (Å²) in [6.45, 7) is 13.3. The van der Waals surface area contributed by atoms with Crippen molar-refractivity contribution in [1.29, 1.82) is 0 Å². The molecule has 3 saturated carbocycles. The minimum Gasteiger partial charge on any atom is -0.463 e. The highest BCUT2D eigenvalue weighted by Crippen LogP contribution is 2.73. The number of alkyl halides is 2. The molecule has 6 rings (SSSR count). The zero-order valence-corrected chi connectivity index (χ0v) is 33.8. The van der Waals surface area contributed by atoms with Gasteiger partial charge in [-0.05, 0) is 95.1 Å². The smallest absolute Gasteiger partial charge is 0.311 e. The summed E-state index contributed by atoms with van der Waals surface area (Å²) in [5, 5.41) is 49.8. The van der Waals surface area contributed by atoms with Gasteiger partial charge >= 0.3 is 5.97 Å². The molecule has 0 spiro atoms. The van der Waals surface area contributed by atoms with E-state index in [0.717, 1.165) is 0 Å². The third-order valence-electron chi connectivity index (χ3n) is 16.2. The molecule has 2 bridgehead atoms. The van der Waals surface area contributed by atoms with Crippen molar-refractivity contribution < 1.29 is 53.1 Å². The fourth-order valence-corrected chi connectivity index (χ4v) is 12.0. The lowest BCUT2D eigenvalue weighted by Gasteiger charge is -2.67. The summed E-state index contributed by atoms with van der Waals surface area (Å²) >= 11 is 0. The number of nitrogens with zero attached hydrogens (tertiary/aromatic N) is 1. The highest BCUT2D eigenvalue weighted by Gasteiger charge is 2.77. The molecule has 0 aromatic rings. The molecule has 8 unspecified atom stereocenters. The number of fused-ring (bicyclic) bond motifs is 10. The van der Waals surface area contributed by atoms with E-state index in [2.05, 4.69) is 10.2 Å². The van der Waals surface area contributed by atoms with Crippen molar-refractivity contribution in [2.45, 2.75) is 160 Å². The number of carbonyl (C=O) groups is 3. The molecule has 0 radical (unpaired) electrons. The SMILES string of the molecule is CC(C)C1(O)CCCN2CCCNC(=O)[C@H]3[C@@H](CC4C5C[C@H](F)C6(C)CC(=O)C=CC6(C)[C@@]5(F)[C@@H](O)CC43C)O[C@H](COC(=O)[C@H](C)[C@@H](O)CC1)C(O)[C@H]2C. The second-order valence-corrected chi connectivity index (χ2v) is 19.2. The van der Waals surface area contributed by atoms with Crippen molar-refractivity contribution in [2.75, 3.05) is 26.2 Å². The summed E-state index contributed by atoms with van der Waals surface area (Å²) in [7, 11) is 0. The second kappa shape index (κ2) is 15.3. The normalized spacial score (nSPS) is 51.6. The molecule has 0 aromatic heterocycles. The van der Waals surface area contributed by atoms with Gasteiger partial charge in [0.1, 0.15) is 24.6 Å². The Morgan fingerprint density at radius 1 is 0.982 bits per heavy atom. The summed E-state index contributed by atoms with van der Waals surface area (Å²) in [4.78, 5) is 42.4. The average molecular weight is 781 g/mol. The first-order valence-electron chi connectivity index (χ1n) is 20.8. The lowest BCUT2D eigenvalue weighted by atomic mass is 9.39. The molecule has 13 heteroatoms. The quantitative estimate of drug-likeness (QED) is 0.247. The number of rotatable bonds is 1. The maximum absolute atomic E-state index is 18.2. The van der Waals surface area contributed by atoms with E-state index in [4.69, 9.17) is 9.47 Å². The molecule has 6 aliphatic rings. The van der Waals surface area contributed by atoms with Crippen molar-refractivity contribution >= 4 is 17.7 Å². The van der Waals surface area contributed by atoms with Crippen molar-refractivity contribution in [3.8, 4) is 0 Å². The van der Waals surface area contributed by atoms with Crippen molar-refractivity contribution in [2.24, 2.45) is 45.8 Å². The Morgan fingerprint density at radius 3 is 2.36 bits per heavy atom. The van der Waals surface area contributed by atoms with Gasteiger partial charge in [-0.25, -0.2) is 8.78 Å². The Hall–Kier alpha value is -2.03. The molecule has 2 aliphatic heterocycles. The summed E-state index contributed by atoms with van der Waals surface area (Å²) < 4.78 is 47.3. The van der Waals surface area contributed by atoms with Crippen LogP contribution in [0, 0.1) is 45.8 Å². The summed E-state index contributed by atoms with van der Waals surface area (Å²) in [6, 6.07) is -0.499. The van der Waals surface area contributed by atoms with Gasteiger partial charge in [0, 0.05) is 42.3 Å². The summed E-state index contributed by atoms with van der Waals surface area (Å²) in [5.74, 6) is -4.87. The number of hydrogen-bond donors (Lipinski definition) is 5. The maximum Gasteiger partial charge on any atom is 0.311 e. The summed E-state index contributed by atoms with van der Waals surface area (Å²) in [6.07, 6.45) is -2.95. The van der Waals surface area contributed by atoms with Crippen molar-refractivity contribution in [3.63, 3.8) is 0 Å². The Balaban J connectivity index is 1.36. The first kappa shape index (κ1) is 42.6. The van der Waals surface area contributed by atoms with Crippen LogP contribution >= 0.6 is 0 Å². The van der Waals surface area contributed by atoms with E-state index >= 15 is 8.78 Å². The maximum atomic E-state index is 18.2. The first-order chi connectivity index (χ1) is 25.6. The third kappa shape index (κ3) is 6.92. The van der Waals surface area contributed by atoms with Gasteiger partial charge in [-0.2, -0.15) is 0 Å². The molecule has 0 aromatic carbocycles. The molecule has 5 N–H and O–H groups in total. The van der Waals surface area contributed by atoms with E-state index in [1.54, 1.807) is 20.8 Å². The molecule has 4 aliphatic carbocycles. The Labute approximate surface area is 325 Å². The van der Waals surface area contributed by atoms with Crippen molar-refractivity contribution in [3.05, 3.63) is 12.2 Å². The van der Waals surface area contributed by atoms with Crippen molar-refractivity contribution in [1.82, 2.24) is 10.2 Å². The molecule has 2 heterocycles. The minimum absolute atomic E-state index is 0.0997. The van der Waals surface area contributed by atoms with Gasteiger partial charge in [-0.15, -0.1) is 0 Å². The fourth-order valence-electron chi connectivity index (χ4n) is 12.0. The number of carbonyl (C=O) groups excluding carboxylic acids is 3. The van der Waals surface area contributed by atoms with Crippen LogP contribution in [-0.4, -0.2) is 123 Å². The number of nitrogens with one attached hydrogen (secondary N) is 1. The predicted octanol–water partition coefficient (Wildman–Crippen LogP) is 3.83. The predicted molar refractivity (Wildman–Crippen MR) is 200 cm³/mol. The fraction of sp³-hybridized carbons (Fsp3) is 0.881. The monoisotopic (exact) mass is 780 g/mol. The number of ether oxygens (including phenoxy) is 2. The van der Waals surface area contributed by atoms with Crippen LogP contribution in [-0.2, 0) is 23.9 Å². The van der Waals surface area contributed by atoms with E-state index in [9.17, 15) is 34.8 Å². The van der Waals surface area contributed by atoms with Gasteiger partial charge in [0.25, 0.3) is 0 Å². The van der Waals surface area contributed by atoms with E-state index < -0.39 is 99.9 Å². The topological polar surface area (TPSA) is 166 Å². The number of allylic oxidation sites excluding steroid dienone is 2. The van der Waals surface area contributed by atoms with Crippen LogP contribution in [0.1, 0.15) is 106 Å². The molecule has 5 fully saturated rings. The van der Waals surface area contributed by atoms with Crippen LogP contribution in [0.2, 0.25) is 0 Å². The third-order valence-corrected chi connectivity index (χ3v) is 16.2. The number of ketones is 1. The van der Waals surface area contributed by atoms with Crippen LogP contribution in [0.4, 0.5) is 8.78 Å². The van der Waals surface area contributed by atoms with Crippen LogP contribution < -0.4 is 5.32 Å². The number of aliphatic hydroxyl groups excluding tert-OH is 3. The van der Waals surface area contributed by atoms with Gasteiger partial charge in [0.2, 0.25) is 5.91 Å². The van der Waals surface area contributed by atoms with Gasteiger partial charge in [0.15, 0.2) is 5.78 Å². The standard InChI is InChI=1S/C42H66F2N2O9/c1-23(2)41(53)12-8-16-46-17-9-15-45-36(51)34-30(55-31(35(50)25(46)4)22-54-37(52)24(3)29(48)11-14-41)18-27-28-19-32(43)39(6)20-26(47)10-13-40(39,7)42(28,44)33(49)21-38(27,34)5/h10,13,23-25,27-35,48-50,53H,8-9,11-12,14-22H2,1-7H3,(H,45,51)/t24-,25-,27?,28?,29+,30-,31-,32+,33+,34-,35?,38?,39?,40?,41?,42+/m1/s1. The van der Waals surface area contributed by atoms with Gasteiger partial charge in [-0.3, -0.25) is 19.3 Å².